The molecule has 0 fully saturated rings. The number of benzene rings is 2. The molecule has 0 radical (unpaired) electrons. The molecule has 2 aromatic carbocycles. The van der Waals surface area contributed by atoms with E-state index < -0.39 is 0 Å². The lowest BCUT2D eigenvalue weighted by molar-refractivity contribution is 0.414. The summed E-state index contributed by atoms with van der Waals surface area (Å²) in [5.74, 6) is 1.86. The summed E-state index contributed by atoms with van der Waals surface area (Å²) >= 11 is 1.76. The zero-order valence-corrected chi connectivity index (χ0v) is 12.1. The lowest BCUT2D eigenvalue weighted by Crippen LogP contribution is -1.96. The average Bonchev–Trinajstić information content (AvgIpc) is 2.53. The van der Waals surface area contributed by atoms with E-state index in [1.807, 2.05) is 30.3 Å². The number of para-hydroxylation sites is 2. The molecular formula is C17H15NOS. The van der Waals surface area contributed by atoms with Crippen molar-refractivity contribution in [3.63, 3.8) is 0 Å². The highest BCUT2D eigenvalue weighted by molar-refractivity contribution is 8.13. The van der Waals surface area contributed by atoms with E-state index in [0.29, 0.717) is 0 Å². The third-order valence-corrected chi connectivity index (χ3v) is 4.12. The second-order valence-corrected chi connectivity index (χ2v) is 5.44. The number of ether oxygens (including phenoxy) is 1. The Morgan fingerprint density at radius 1 is 1.05 bits per heavy atom. The lowest BCUT2D eigenvalue weighted by Gasteiger charge is -2.12. The Hall–Kier alpha value is -2.00. The molecule has 0 bridgehead atoms. The fourth-order valence-electron chi connectivity index (χ4n) is 2.10. The zero-order valence-electron chi connectivity index (χ0n) is 11.2. The van der Waals surface area contributed by atoms with Gasteiger partial charge in [0.1, 0.15) is 5.75 Å². The molecule has 0 aliphatic carbocycles. The quantitative estimate of drug-likeness (QED) is 0.814. The first-order valence-corrected chi connectivity index (χ1v) is 7.46. The van der Waals surface area contributed by atoms with Crippen molar-refractivity contribution in [3.05, 3.63) is 65.7 Å². The van der Waals surface area contributed by atoms with Crippen LogP contribution in [0.4, 0.5) is 5.69 Å². The number of nitrogens with zero attached hydrogens (tertiary/aromatic N) is 1. The zero-order chi connectivity index (χ0) is 13.8. The largest absolute Gasteiger partial charge is 0.496 e. The van der Waals surface area contributed by atoms with E-state index in [1.165, 1.54) is 5.56 Å². The highest BCUT2D eigenvalue weighted by Crippen LogP contribution is 2.31. The lowest BCUT2D eigenvalue weighted by atomic mass is 10.2. The van der Waals surface area contributed by atoms with Crippen molar-refractivity contribution in [2.24, 2.45) is 4.99 Å². The van der Waals surface area contributed by atoms with E-state index in [4.69, 9.17) is 4.74 Å². The van der Waals surface area contributed by atoms with E-state index in [1.54, 1.807) is 18.9 Å². The van der Waals surface area contributed by atoms with Gasteiger partial charge in [0.05, 0.1) is 17.8 Å². The molecule has 0 amide bonds. The Balaban J connectivity index is 1.85. The van der Waals surface area contributed by atoms with Crippen molar-refractivity contribution < 1.29 is 4.74 Å². The van der Waals surface area contributed by atoms with E-state index in [0.717, 1.165) is 27.8 Å². The molecule has 2 nitrogen and oxygen atoms in total. The van der Waals surface area contributed by atoms with Crippen molar-refractivity contribution in [3.8, 4) is 5.75 Å². The van der Waals surface area contributed by atoms with E-state index in [2.05, 4.69) is 35.3 Å². The minimum atomic E-state index is 0.880. The van der Waals surface area contributed by atoms with Gasteiger partial charge in [-0.05, 0) is 29.8 Å². The smallest absolute Gasteiger partial charge is 0.126 e. The molecule has 1 heterocycles. The van der Waals surface area contributed by atoms with E-state index >= 15 is 0 Å². The fourth-order valence-corrected chi connectivity index (χ4v) is 2.97. The van der Waals surface area contributed by atoms with E-state index in [-0.39, 0.29) is 0 Å². The van der Waals surface area contributed by atoms with Crippen LogP contribution < -0.4 is 4.74 Å². The molecular weight excluding hydrogens is 266 g/mol. The summed E-state index contributed by atoms with van der Waals surface area (Å²) in [6.45, 7) is 0. The third kappa shape index (κ3) is 2.78. The monoisotopic (exact) mass is 281 g/mol. The first kappa shape index (κ1) is 13.0. The van der Waals surface area contributed by atoms with Crippen LogP contribution in [-0.4, -0.2) is 12.2 Å². The molecule has 100 valence electrons. The number of hydrogen-bond acceptors (Lipinski definition) is 3. The number of rotatable bonds is 3. The molecule has 0 unspecified atom stereocenters. The molecule has 0 saturated heterocycles. The Morgan fingerprint density at radius 3 is 2.75 bits per heavy atom. The highest BCUT2D eigenvalue weighted by Gasteiger charge is 2.09. The summed E-state index contributed by atoms with van der Waals surface area (Å²) in [5.41, 5.74) is 3.44. The maximum absolute atomic E-state index is 5.34. The second-order valence-electron chi connectivity index (χ2n) is 4.44. The molecule has 0 aromatic heterocycles. The predicted octanol–water partition coefficient (Wildman–Crippen LogP) is 4.69. The Labute approximate surface area is 123 Å². The summed E-state index contributed by atoms with van der Waals surface area (Å²) in [4.78, 5) is 4.67. The Morgan fingerprint density at radius 2 is 1.85 bits per heavy atom. The molecule has 0 saturated carbocycles. The average molecular weight is 281 g/mol. The molecule has 1 aliphatic rings. The van der Waals surface area contributed by atoms with Crippen LogP contribution >= 0.6 is 11.8 Å². The molecule has 20 heavy (non-hydrogen) atoms. The van der Waals surface area contributed by atoms with Crippen LogP contribution in [0.2, 0.25) is 0 Å². The van der Waals surface area contributed by atoms with Gasteiger partial charge in [-0.15, -0.1) is 11.8 Å². The van der Waals surface area contributed by atoms with Crippen LogP contribution in [0.15, 0.2) is 59.6 Å². The fraction of sp³-hybridized carbons (Fsp3) is 0.118. The first-order chi connectivity index (χ1) is 9.86. The number of methoxy groups -OCH3 is 1. The van der Waals surface area contributed by atoms with Gasteiger partial charge in [-0.3, -0.25) is 0 Å². The summed E-state index contributed by atoms with van der Waals surface area (Å²) in [6, 6.07) is 16.3. The SMILES string of the molecule is COc1ccccc1/C=C/C1=Nc2ccccc2CS1. The second kappa shape index (κ2) is 5.97. The number of hydrogen-bond donors (Lipinski definition) is 0. The predicted molar refractivity (Wildman–Crippen MR) is 86.9 cm³/mol. The summed E-state index contributed by atoms with van der Waals surface area (Å²) in [7, 11) is 1.69. The van der Waals surface area contributed by atoms with Crippen molar-refractivity contribution in [2.75, 3.05) is 7.11 Å². The van der Waals surface area contributed by atoms with Crippen molar-refractivity contribution in [1.29, 1.82) is 0 Å². The molecule has 0 atom stereocenters. The van der Waals surface area contributed by atoms with Crippen LogP contribution in [0.3, 0.4) is 0 Å². The number of fused-ring (bicyclic) bond motifs is 1. The van der Waals surface area contributed by atoms with Gasteiger partial charge in [-0.25, -0.2) is 4.99 Å². The Kier molecular flexibility index (Phi) is 3.88. The Bertz CT molecular complexity index is 676. The number of aliphatic imine (C=N–C) groups is 1. The molecule has 0 spiro atoms. The van der Waals surface area contributed by atoms with Crippen molar-refractivity contribution in [2.45, 2.75) is 5.75 Å². The maximum Gasteiger partial charge on any atom is 0.126 e. The van der Waals surface area contributed by atoms with Gasteiger partial charge in [0.2, 0.25) is 0 Å². The summed E-state index contributed by atoms with van der Waals surface area (Å²) in [6.07, 6.45) is 4.11. The van der Waals surface area contributed by atoms with Gasteiger partial charge in [0.25, 0.3) is 0 Å². The minimum Gasteiger partial charge on any atom is -0.496 e. The van der Waals surface area contributed by atoms with Crippen molar-refractivity contribution in [1.82, 2.24) is 0 Å². The third-order valence-electron chi connectivity index (χ3n) is 3.14. The van der Waals surface area contributed by atoms with Gasteiger partial charge < -0.3 is 4.74 Å². The van der Waals surface area contributed by atoms with Crippen LogP contribution in [-0.2, 0) is 5.75 Å². The summed E-state index contributed by atoms with van der Waals surface area (Å²) in [5, 5.41) is 1.04. The van der Waals surface area contributed by atoms with Crippen LogP contribution in [0, 0.1) is 0 Å². The number of thioether (sulfide) groups is 1. The van der Waals surface area contributed by atoms with Crippen LogP contribution in [0.5, 0.6) is 5.75 Å². The minimum absolute atomic E-state index is 0.880. The topological polar surface area (TPSA) is 21.6 Å². The van der Waals surface area contributed by atoms with Crippen molar-refractivity contribution >= 4 is 28.6 Å². The summed E-state index contributed by atoms with van der Waals surface area (Å²) < 4.78 is 5.34. The maximum atomic E-state index is 5.34. The standard InChI is InChI=1S/C17H15NOS/c1-19-16-9-5-3-6-13(16)10-11-17-18-15-8-4-2-7-14(15)12-20-17/h2-11H,12H2,1H3/b11-10+. The van der Waals surface area contributed by atoms with Crippen LogP contribution in [0.25, 0.3) is 6.08 Å². The van der Waals surface area contributed by atoms with Gasteiger partial charge in [-0.1, -0.05) is 36.4 Å². The van der Waals surface area contributed by atoms with Gasteiger partial charge >= 0.3 is 0 Å². The highest BCUT2D eigenvalue weighted by atomic mass is 32.2. The van der Waals surface area contributed by atoms with Gasteiger partial charge in [0, 0.05) is 11.3 Å². The molecule has 0 N–H and O–H groups in total. The normalized spacial score (nSPS) is 13.9. The molecule has 1 aliphatic heterocycles. The van der Waals surface area contributed by atoms with Crippen LogP contribution in [0.1, 0.15) is 11.1 Å². The van der Waals surface area contributed by atoms with E-state index in [9.17, 15) is 0 Å². The first-order valence-electron chi connectivity index (χ1n) is 6.47. The van der Waals surface area contributed by atoms with Gasteiger partial charge in [0.15, 0.2) is 0 Å². The van der Waals surface area contributed by atoms with Gasteiger partial charge in [-0.2, -0.15) is 0 Å². The molecule has 3 rings (SSSR count). The molecule has 2 aromatic rings. The molecule has 3 heteroatoms.